The van der Waals surface area contributed by atoms with Crippen LogP contribution >= 0.6 is 0 Å². The second-order valence-corrected chi connectivity index (χ2v) is 5.96. The van der Waals surface area contributed by atoms with E-state index >= 15 is 0 Å². The van der Waals surface area contributed by atoms with Crippen LogP contribution in [0.1, 0.15) is 24.2 Å². The van der Waals surface area contributed by atoms with E-state index in [0.29, 0.717) is 5.56 Å². The van der Waals surface area contributed by atoms with Crippen LogP contribution in [-0.2, 0) is 19.4 Å². The van der Waals surface area contributed by atoms with Crippen molar-refractivity contribution in [3.8, 4) is 0 Å². The van der Waals surface area contributed by atoms with Crippen LogP contribution < -0.4 is 0 Å². The summed E-state index contributed by atoms with van der Waals surface area (Å²) in [5, 5.41) is 9.82. The highest BCUT2D eigenvalue weighted by atomic mass is 32.2. The molecule has 18 heavy (non-hydrogen) atoms. The lowest BCUT2D eigenvalue weighted by molar-refractivity contribution is -0.153. The van der Waals surface area contributed by atoms with Crippen LogP contribution in [0, 0.1) is 6.92 Å². The molecule has 0 radical (unpaired) electrons. The topological polar surface area (TPSA) is 80.7 Å². The summed E-state index contributed by atoms with van der Waals surface area (Å²) in [5.41, 5.74) is 0.874. The molecule has 0 aliphatic heterocycles. The fraction of sp³-hybridized carbons (Fsp3) is 0.417. The SMILES string of the molecule is CCOC(=O)C(O)c1cc(S(C)(=O)=O)ccc1C. The predicted molar refractivity (Wildman–Crippen MR) is 65.9 cm³/mol. The normalized spacial score (nSPS) is 13.1. The summed E-state index contributed by atoms with van der Waals surface area (Å²) in [5.74, 6) is -0.786. The second kappa shape index (κ2) is 5.49. The van der Waals surface area contributed by atoms with Gasteiger partial charge in [0.1, 0.15) is 0 Å². The maximum Gasteiger partial charge on any atom is 0.339 e. The zero-order valence-electron chi connectivity index (χ0n) is 10.5. The van der Waals surface area contributed by atoms with Crippen LogP contribution in [0.25, 0.3) is 0 Å². The minimum atomic E-state index is -3.38. The summed E-state index contributed by atoms with van der Waals surface area (Å²) in [6, 6.07) is 4.28. The number of aryl methyl sites for hydroxylation is 1. The lowest BCUT2D eigenvalue weighted by Gasteiger charge is -2.13. The molecule has 1 aromatic rings. The van der Waals surface area contributed by atoms with Gasteiger partial charge in [-0.2, -0.15) is 0 Å². The monoisotopic (exact) mass is 272 g/mol. The van der Waals surface area contributed by atoms with Gasteiger partial charge >= 0.3 is 5.97 Å². The molecule has 0 aliphatic carbocycles. The molecule has 5 nitrogen and oxygen atoms in total. The molecule has 0 aliphatic rings. The Morgan fingerprint density at radius 1 is 1.44 bits per heavy atom. The molecule has 1 N–H and O–H groups in total. The molecule has 1 atom stereocenters. The number of sulfone groups is 1. The minimum absolute atomic E-state index is 0.0615. The number of carbonyl (C=O) groups excluding carboxylic acids is 1. The van der Waals surface area contributed by atoms with Crippen molar-refractivity contribution in [2.75, 3.05) is 12.9 Å². The first-order valence-corrected chi connectivity index (χ1v) is 7.31. The number of aliphatic hydroxyl groups excluding tert-OH is 1. The van der Waals surface area contributed by atoms with Gasteiger partial charge in [0, 0.05) is 6.26 Å². The molecular formula is C12H16O5S. The largest absolute Gasteiger partial charge is 0.464 e. The fourth-order valence-corrected chi connectivity index (χ4v) is 2.15. The van der Waals surface area contributed by atoms with Gasteiger partial charge in [0.05, 0.1) is 11.5 Å². The number of esters is 1. The second-order valence-electron chi connectivity index (χ2n) is 3.95. The number of carbonyl (C=O) groups is 1. The van der Waals surface area contributed by atoms with Crippen LogP contribution in [0.5, 0.6) is 0 Å². The highest BCUT2D eigenvalue weighted by molar-refractivity contribution is 7.90. The maximum atomic E-state index is 11.4. The Bertz CT molecular complexity index is 548. The summed E-state index contributed by atoms with van der Waals surface area (Å²) in [7, 11) is -3.38. The van der Waals surface area contributed by atoms with Crippen molar-refractivity contribution in [1.29, 1.82) is 0 Å². The van der Waals surface area contributed by atoms with Gasteiger partial charge in [-0.25, -0.2) is 13.2 Å². The zero-order chi connectivity index (χ0) is 13.9. The molecule has 100 valence electrons. The molecule has 0 fully saturated rings. The van der Waals surface area contributed by atoms with Gasteiger partial charge < -0.3 is 9.84 Å². The molecule has 0 aromatic heterocycles. The first-order chi connectivity index (χ1) is 8.27. The molecule has 6 heteroatoms. The standard InChI is InChI=1S/C12H16O5S/c1-4-17-12(14)11(13)10-7-9(18(3,15)16)6-5-8(10)2/h5-7,11,13H,4H2,1-3H3. The number of hydrogen-bond donors (Lipinski definition) is 1. The van der Waals surface area contributed by atoms with Gasteiger partial charge in [-0.05, 0) is 37.1 Å². The molecule has 0 amide bonds. The Labute approximate surface area is 106 Å². The van der Waals surface area contributed by atoms with Crippen LogP contribution in [0.2, 0.25) is 0 Å². The van der Waals surface area contributed by atoms with E-state index < -0.39 is 21.9 Å². The van der Waals surface area contributed by atoms with Gasteiger partial charge in [0.2, 0.25) is 0 Å². The first kappa shape index (κ1) is 14.7. The van der Waals surface area contributed by atoms with Crippen molar-refractivity contribution in [1.82, 2.24) is 0 Å². The summed E-state index contributed by atoms with van der Waals surface area (Å²) >= 11 is 0. The molecule has 0 saturated carbocycles. The quantitative estimate of drug-likeness (QED) is 0.827. The fourth-order valence-electron chi connectivity index (χ4n) is 1.49. The van der Waals surface area contributed by atoms with Gasteiger partial charge in [0.25, 0.3) is 0 Å². The van der Waals surface area contributed by atoms with E-state index in [2.05, 4.69) is 0 Å². The van der Waals surface area contributed by atoms with Crippen LogP contribution in [-0.4, -0.2) is 32.4 Å². The van der Waals surface area contributed by atoms with E-state index in [9.17, 15) is 18.3 Å². The van der Waals surface area contributed by atoms with E-state index in [1.165, 1.54) is 12.1 Å². The van der Waals surface area contributed by atoms with E-state index in [1.807, 2.05) is 0 Å². The number of aliphatic hydroxyl groups is 1. The predicted octanol–water partition coefficient (Wildman–Crippen LogP) is 0.995. The van der Waals surface area contributed by atoms with Crippen molar-refractivity contribution >= 4 is 15.8 Å². The molecule has 1 unspecified atom stereocenters. The number of hydrogen-bond acceptors (Lipinski definition) is 5. The van der Waals surface area contributed by atoms with Crippen molar-refractivity contribution in [3.05, 3.63) is 29.3 Å². The lowest BCUT2D eigenvalue weighted by Crippen LogP contribution is -2.17. The van der Waals surface area contributed by atoms with Gasteiger partial charge in [0.15, 0.2) is 15.9 Å². The van der Waals surface area contributed by atoms with Crippen LogP contribution in [0.4, 0.5) is 0 Å². The third kappa shape index (κ3) is 3.30. The number of rotatable bonds is 4. The number of ether oxygens (including phenoxy) is 1. The Hall–Kier alpha value is -1.40. The van der Waals surface area contributed by atoms with E-state index in [1.54, 1.807) is 19.9 Å². The zero-order valence-corrected chi connectivity index (χ0v) is 11.3. The molecule has 0 spiro atoms. The maximum absolute atomic E-state index is 11.4. The summed E-state index contributed by atoms with van der Waals surface area (Å²) in [6.45, 7) is 3.47. The van der Waals surface area contributed by atoms with E-state index in [4.69, 9.17) is 4.74 Å². The molecule has 0 bridgehead atoms. The Balaban J connectivity index is 3.20. The smallest absolute Gasteiger partial charge is 0.339 e. The van der Waals surface area contributed by atoms with Gasteiger partial charge in [-0.15, -0.1) is 0 Å². The molecular weight excluding hydrogens is 256 g/mol. The van der Waals surface area contributed by atoms with E-state index in [-0.39, 0.29) is 17.1 Å². The molecule has 1 rings (SSSR count). The first-order valence-electron chi connectivity index (χ1n) is 5.42. The Kier molecular flexibility index (Phi) is 4.48. The average molecular weight is 272 g/mol. The van der Waals surface area contributed by atoms with Gasteiger partial charge in [-0.3, -0.25) is 0 Å². The Morgan fingerprint density at radius 2 is 2.06 bits per heavy atom. The summed E-state index contributed by atoms with van der Waals surface area (Å²) in [6.07, 6.45) is -0.398. The van der Waals surface area contributed by atoms with Gasteiger partial charge in [-0.1, -0.05) is 6.07 Å². The third-order valence-electron chi connectivity index (χ3n) is 2.48. The molecule has 1 aromatic carbocycles. The average Bonchev–Trinajstić information content (AvgIpc) is 2.27. The minimum Gasteiger partial charge on any atom is -0.464 e. The number of benzene rings is 1. The molecule has 0 saturated heterocycles. The molecule has 0 heterocycles. The van der Waals surface area contributed by atoms with Crippen molar-refractivity contribution in [2.45, 2.75) is 24.8 Å². The summed E-state index contributed by atoms with van der Waals surface area (Å²) < 4.78 is 27.5. The van der Waals surface area contributed by atoms with Crippen LogP contribution in [0.15, 0.2) is 23.1 Å². The van der Waals surface area contributed by atoms with Crippen molar-refractivity contribution < 1.29 is 23.1 Å². The lowest BCUT2D eigenvalue weighted by atomic mass is 10.0. The highest BCUT2D eigenvalue weighted by Crippen LogP contribution is 2.22. The highest BCUT2D eigenvalue weighted by Gasteiger charge is 2.22. The Morgan fingerprint density at radius 3 is 2.56 bits per heavy atom. The van der Waals surface area contributed by atoms with Crippen molar-refractivity contribution in [3.63, 3.8) is 0 Å². The van der Waals surface area contributed by atoms with Crippen LogP contribution in [0.3, 0.4) is 0 Å². The van der Waals surface area contributed by atoms with Crippen molar-refractivity contribution in [2.24, 2.45) is 0 Å². The third-order valence-corrected chi connectivity index (χ3v) is 3.59. The summed E-state index contributed by atoms with van der Waals surface area (Å²) in [4.78, 5) is 11.5. The van der Waals surface area contributed by atoms with E-state index in [0.717, 1.165) is 6.26 Å².